The van der Waals surface area contributed by atoms with E-state index in [-0.39, 0.29) is 0 Å². The lowest BCUT2D eigenvalue weighted by Gasteiger charge is -2.29. The zero-order chi connectivity index (χ0) is 12.8. The van der Waals surface area contributed by atoms with Crippen LogP contribution in [0.1, 0.15) is 39.0 Å². The monoisotopic (exact) mass is 253 g/mol. The van der Waals surface area contributed by atoms with E-state index in [0.717, 1.165) is 12.0 Å². The van der Waals surface area contributed by atoms with Crippen LogP contribution in [0.5, 0.6) is 0 Å². The first-order valence-electron chi connectivity index (χ1n) is 7.93. The zero-order valence-corrected chi connectivity index (χ0v) is 12.3. The lowest BCUT2D eigenvalue weighted by atomic mass is 9.94. The summed E-state index contributed by atoms with van der Waals surface area (Å²) in [5, 5.41) is 3.45. The molecule has 2 fully saturated rings. The van der Waals surface area contributed by atoms with Crippen molar-refractivity contribution in [3.8, 4) is 0 Å². The molecule has 0 spiro atoms. The van der Waals surface area contributed by atoms with E-state index in [1.54, 1.807) is 0 Å². The van der Waals surface area contributed by atoms with Crippen molar-refractivity contribution in [1.82, 2.24) is 15.1 Å². The van der Waals surface area contributed by atoms with Gasteiger partial charge in [0.25, 0.3) is 0 Å². The number of hydrogen-bond acceptors (Lipinski definition) is 3. The molecule has 1 atom stereocenters. The van der Waals surface area contributed by atoms with E-state index in [4.69, 9.17) is 0 Å². The normalized spacial score (nSPS) is 27.2. The molecule has 2 aliphatic rings. The van der Waals surface area contributed by atoms with Crippen LogP contribution in [0.15, 0.2) is 0 Å². The number of rotatable bonds is 6. The molecule has 0 bridgehead atoms. The molecule has 3 heteroatoms. The summed E-state index contributed by atoms with van der Waals surface area (Å²) in [6, 6.07) is 0.827. The van der Waals surface area contributed by atoms with Crippen LogP contribution in [0.2, 0.25) is 0 Å². The van der Waals surface area contributed by atoms with Crippen LogP contribution < -0.4 is 5.32 Å². The van der Waals surface area contributed by atoms with E-state index in [1.807, 2.05) is 0 Å². The summed E-state index contributed by atoms with van der Waals surface area (Å²) in [4.78, 5) is 5.22. The summed E-state index contributed by atoms with van der Waals surface area (Å²) in [5.74, 6) is 0.972. The maximum absolute atomic E-state index is 3.45. The van der Waals surface area contributed by atoms with Gasteiger partial charge in [-0.05, 0) is 77.8 Å². The van der Waals surface area contributed by atoms with Crippen molar-refractivity contribution < 1.29 is 0 Å². The molecular formula is C15H31N3. The Bertz CT molecular complexity index is 226. The molecule has 2 saturated heterocycles. The highest BCUT2D eigenvalue weighted by molar-refractivity contribution is 4.81. The minimum absolute atomic E-state index is 0.827. The summed E-state index contributed by atoms with van der Waals surface area (Å²) in [6.45, 7) is 9.89. The topological polar surface area (TPSA) is 18.5 Å². The van der Waals surface area contributed by atoms with Crippen molar-refractivity contribution in [2.24, 2.45) is 5.92 Å². The van der Waals surface area contributed by atoms with Crippen LogP contribution >= 0.6 is 0 Å². The summed E-state index contributed by atoms with van der Waals surface area (Å²) >= 11 is 0. The predicted molar refractivity (Wildman–Crippen MR) is 78.0 cm³/mol. The van der Waals surface area contributed by atoms with Crippen molar-refractivity contribution in [3.63, 3.8) is 0 Å². The van der Waals surface area contributed by atoms with Gasteiger partial charge in [-0.15, -0.1) is 0 Å². The van der Waals surface area contributed by atoms with Crippen molar-refractivity contribution in [3.05, 3.63) is 0 Å². The summed E-state index contributed by atoms with van der Waals surface area (Å²) < 4.78 is 0. The number of likely N-dealkylation sites (tertiary alicyclic amines) is 1. The first kappa shape index (κ1) is 14.3. The molecule has 3 nitrogen and oxygen atoms in total. The van der Waals surface area contributed by atoms with Gasteiger partial charge in [0.2, 0.25) is 0 Å². The smallest absolute Gasteiger partial charge is 0.0223 e. The Morgan fingerprint density at radius 3 is 2.72 bits per heavy atom. The maximum atomic E-state index is 3.45. The Balaban J connectivity index is 1.63. The lowest BCUT2D eigenvalue weighted by molar-refractivity contribution is 0.188. The van der Waals surface area contributed by atoms with Crippen molar-refractivity contribution in [2.45, 2.75) is 45.1 Å². The van der Waals surface area contributed by atoms with E-state index in [9.17, 15) is 0 Å². The first-order valence-corrected chi connectivity index (χ1v) is 7.93. The van der Waals surface area contributed by atoms with Crippen LogP contribution in [0.3, 0.4) is 0 Å². The molecule has 18 heavy (non-hydrogen) atoms. The van der Waals surface area contributed by atoms with Gasteiger partial charge in [-0.3, -0.25) is 4.90 Å². The van der Waals surface area contributed by atoms with Crippen LogP contribution in [-0.2, 0) is 0 Å². The molecule has 0 saturated carbocycles. The maximum Gasteiger partial charge on any atom is 0.0223 e. The Kier molecular flexibility index (Phi) is 5.93. The van der Waals surface area contributed by atoms with Gasteiger partial charge in [0.15, 0.2) is 0 Å². The fourth-order valence-electron chi connectivity index (χ4n) is 3.54. The average molecular weight is 253 g/mol. The van der Waals surface area contributed by atoms with E-state index >= 15 is 0 Å². The largest absolute Gasteiger partial charge is 0.317 e. The molecule has 1 N–H and O–H groups in total. The molecular weight excluding hydrogens is 222 g/mol. The number of hydrogen-bond donors (Lipinski definition) is 1. The van der Waals surface area contributed by atoms with Crippen molar-refractivity contribution in [1.29, 1.82) is 0 Å². The molecule has 1 unspecified atom stereocenters. The van der Waals surface area contributed by atoms with Gasteiger partial charge < -0.3 is 10.2 Å². The van der Waals surface area contributed by atoms with Gasteiger partial charge in [-0.25, -0.2) is 0 Å². The molecule has 0 aliphatic carbocycles. The van der Waals surface area contributed by atoms with Gasteiger partial charge in [0.1, 0.15) is 0 Å². The van der Waals surface area contributed by atoms with Crippen molar-refractivity contribution in [2.75, 3.05) is 46.3 Å². The van der Waals surface area contributed by atoms with Gasteiger partial charge in [0, 0.05) is 12.6 Å². The third-order valence-electron chi connectivity index (χ3n) is 4.81. The minimum atomic E-state index is 0.827. The molecule has 0 amide bonds. The highest BCUT2D eigenvalue weighted by Crippen LogP contribution is 2.19. The first-order chi connectivity index (χ1) is 8.79. The minimum Gasteiger partial charge on any atom is -0.317 e. The molecule has 0 aromatic heterocycles. The van der Waals surface area contributed by atoms with Crippen LogP contribution in [0.25, 0.3) is 0 Å². The molecule has 2 rings (SSSR count). The second-order valence-corrected chi connectivity index (χ2v) is 6.17. The average Bonchev–Trinajstić information content (AvgIpc) is 2.85. The quantitative estimate of drug-likeness (QED) is 0.778. The second-order valence-electron chi connectivity index (χ2n) is 6.17. The Labute approximate surface area is 113 Å². The Hall–Kier alpha value is -0.120. The Morgan fingerprint density at radius 1 is 1.22 bits per heavy atom. The third kappa shape index (κ3) is 4.22. The number of likely N-dealkylation sites (N-methyl/N-ethyl adjacent to an activating group) is 2. The third-order valence-corrected chi connectivity index (χ3v) is 4.81. The van der Waals surface area contributed by atoms with Crippen LogP contribution in [-0.4, -0.2) is 62.2 Å². The fourth-order valence-corrected chi connectivity index (χ4v) is 3.54. The van der Waals surface area contributed by atoms with E-state index in [0.29, 0.717) is 0 Å². The van der Waals surface area contributed by atoms with E-state index < -0.39 is 0 Å². The molecule has 0 aromatic rings. The SMILES string of the molecule is CCN1CCCC1CN(C)CCC1CCNCC1. The number of nitrogens with zero attached hydrogens (tertiary/aromatic N) is 2. The Morgan fingerprint density at radius 2 is 2.00 bits per heavy atom. The van der Waals surface area contributed by atoms with Gasteiger partial charge >= 0.3 is 0 Å². The predicted octanol–water partition coefficient (Wildman–Crippen LogP) is 1.79. The molecule has 0 aromatic carbocycles. The number of nitrogens with one attached hydrogen (secondary N) is 1. The second kappa shape index (κ2) is 7.46. The standard InChI is InChI=1S/C15H31N3/c1-3-18-11-4-5-15(18)13-17(2)12-8-14-6-9-16-10-7-14/h14-16H,3-13H2,1-2H3. The van der Waals surface area contributed by atoms with Crippen LogP contribution in [0.4, 0.5) is 0 Å². The highest BCUT2D eigenvalue weighted by Gasteiger charge is 2.24. The molecule has 2 aliphatic heterocycles. The summed E-state index contributed by atoms with van der Waals surface area (Å²) in [7, 11) is 2.31. The molecule has 106 valence electrons. The van der Waals surface area contributed by atoms with E-state index in [2.05, 4.69) is 29.1 Å². The zero-order valence-electron chi connectivity index (χ0n) is 12.3. The lowest BCUT2D eigenvalue weighted by Crippen LogP contribution is -2.39. The summed E-state index contributed by atoms with van der Waals surface area (Å²) in [5.41, 5.74) is 0. The summed E-state index contributed by atoms with van der Waals surface area (Å²) in [6.07, 6.45) is 6.99. The molecule has 2 heterocycles. The highest BCUT2D eigenvalue weighted by atomic mass is 15.2. The fraction of sp³-hybridized carbons (Fsp3) is 1.00. The number of piperidine rings is 1. The molecule has 0 radical (unpaired) electrons. The van der Waals surface area contributed by atoms with Gasteiger partial charge in [-0.1, -0.05) is 6.92 Å². The van der Waals surface area contributed by atoms with E-state index in [1.165, 1.54) is 71.4 Å². The van der Waals surface area contributed by atoms with Gasteiger partial charge in [-0.2, -0.15) is 0 Å². The van der Waals surface area contributed by atoms with Gasteiger partial charge in [0.05, 0.1) is 0 Å². The van der Waals surface area contributed by atoms with Crippen molar-refractivity contribution >= 4 is 0 Å². The van der Waals surface area contributed by atoms with Crippen LogP contribution in [0, 0.1) is 5.92 Å².